The third kappa shape index (κ3) is 3.09. The molecule has 1 aromatic heterocycles. The summed E-state index contributed by atoms with van der Waals surface area (Å²) in [5, 5.41) is 4.56. The molecule has 1 heterocycles. The van der Waals surface area contributed by atoms with E-state index in [1.54, 1.807) is 37.3 Å². The molecule has 5 nitrogen and oxygen atoms in total. The summed E-state index contributed by atoms with van der Waals surface area (Å²) in [6, 6.07) is 6.70. The SMILES string of the molecule is C=CCn1nc(C)c(C(=O)c2ccccc2Cl)c1OC(C)=O. The van der Waals surface area contributed by atoms with E-state index < -0.39 is 5.97 Å². The normalized spacial score (nSPS) is 10.3. The van der Waals surface area contributed by atoms with E-state index in [9.17, 15) is 9.59 Å². The number of ketones is 1. The molecule has 0 aliphatic heterocycles. The van der Waals surface area contributed by atoms with Crippen LogP contribution in [-0.4, -0.2) is 21.5 Å². The molecule has 0 unspecified atom stereocenters. The first-order valence-corrected chi connectivity index (χ1v) is 6.99. The zero-order valence-electron chi connectivity index (χ0n) is 12.3. The van der Waals surface area contributed by atoms with Gasteiger partial charge in [-0.3, -0.25) is 9.59 Å². The van der Waals surface area contributed by atoms with Crippen LogP contribution in [-0.2, 0) is 11.3 Å². The number of allylic oxidation sites excluding steroid dienone is 1. The molecule has 0 saturated carbocycles. The Labute approximate surface area is 133 Å². The molecule has 0 radical (unpaired) electrons. The number of esters is 1. The summed E-state index contributed by atoms with van der Waals surface area (Å²) in [6.45, 7) is 6.89. The number of nitrogens with zero attached hydrogens (tertiary/aromatic N) is 2. The molecule has 0 bridgehead atoms. The van der Waals surface area contributed by atoms with Crippen LogP contribution in [0.15, 0.2) is 36.9 Å². The molecule has 0 saturated heterocycles. The first kappa shape index (κ1) is 16.0. The number of hydrogen-bond acceptors (Lipinski definition) is 4. The van der Waals surface area contributed by atoms with Crippen molar-refractivity contribution in [3.05, 3.63) is 58.8 Å². The lowest BCUT2D eigenvalue weighted by atomic mass is 10.0. The molecule has 114 valence electrons. The van der Waals surface area contributed by atoms with E-state index in [1.165, 1.54) is 11.6 Å². The fourth-order valence-electron chi connectivity index (χ4n) is 2.09. The molecule has 0 atom stereocenters. The number of rotatable bonds is 5. The minimum atomic E-state index is -0.529. The van der Waals surface area contributed by atoms with Gasteiger partial charge in [0.15, 0.2) is 0 Å². The Morgan fingerprint density at radius 1 is 1.41 bits per heavy atom. The van der Waals surface area contributed by atoms with Crippen molar-refractivity contribution in [2.75, 3.05) is 0 Å². The molecule has 22 heavy (non-hydrogen) atoms. The lowest BCUT2D eigenvalue weighted by molar-refractivity contribution is -0.132. The zero-order valence-corrected chi connectivity index (χ0v) is 13.1. The number of aromatic nitrogens is 2. The van der Waals surface area contributed by atoms with E-state index >= 15 is 0 Å². The van der Waals surface area contributed by atoms with Crippen molar-refractivity contribution in [2.45, 2.75) is 20.4 Å². The van der Waals surface area contributed by atoms with Gasteiger partial charge in [-0.15, -0.1) is 6.58 Å². The minimum absolute atomic E-state index is 0.106. The van der Waals surface area contributed by atoms with Crippen LogP contribution in [0.3, 0.4) is 0 Å². The molecule has 2 aromatic rings. The number of carbonyl (C=O) groups excluding carboxylic acids is 2. The predicted molar refractivity (Wildman–Crippen MR) is 83.4 cm³/mol. The van der Waals surface area contributed by atoms with Gasteiger partial charge < -0.3 is 4.74 Å². The molecular weight excluding hydrogens is 304 g/mol. The second-order valence-corrected chi connectivity index (χ2v) is 5.05. The molecule has 6 heteroatoms. The molecule has 0 fully saturated rings. The summed E-state index contributed by atoms with van der Waals surface area (Å²) >= 11 is 6.08. The van der Waals surface area contributed by atoms with E-state index in [2.05, 4.69) is 11.7 Å². The molecule has 0 aliphatic carbocycles. The Bertz CT molecular complexity index is 750. The van der Waals surface area contributed by atoms with Gasteiger partial charge in [-0.05, 0) is 19.1 Å². The van der Waals surface area contributed by atoms with Crippen LogP contribution in [0.25, 0.3) is 0 Å². The van der Waals surface area contributed by atoms with Gasteiger partial charge in [0.05, 0.1) is 17.3 Å². The minimum Gasteiger partial charge on any atom is -0.407 e. The van der Waals surface area contributed by atoms with Gasteiger partial charge in [-0.2, -0.15) is 5.10 Å². The number of aryl methyl sites for hydroxylation is 1. The second kappa shape index (κ2) is 6.58. The highest BCUT2D eigenvalue weighted by Gasteiger charge is 2.26. The van der Waals surface area contributed by atoms with E-state index in [0.29, 0.717) is 22.8 Å². The standard InChI is InChI=1S/C16H15ClN2O3/c1-4-9-19-16(22-11(3)20)14(10(2)18-19)15(21)12-7-5-6-8-13(12)17/h4-8H,1,9H2,2-3H3. The van der Waals surface area contributed by atoms with Crippen LogP contribution in [0.1, 0.15) is 28.5 Å². The number of ether oxygens (including phenoxy) is 1. The highest BCUT2D eigenvalue weighted by molar-refractivity contribution is 6.35. The van der Waals surface area contributed by atoms with Gasteiger partial charge in [-0.1, -0.05) is 29.8 Å². The van der Waals surface area contributed by atoms with Crippen LogP contribution >= 0.6 is 11.6 Å². The highest BCUT2D eigenvalue weighted by Crippen LogP contribution is 2.28. The molecular formula is C16H15ClN2O3. The van der Waals surface area contributed by atoms with Crippen molar-refractivity contribution in [3.8, 4) is 5.88 Å². The van der Waals surface area contributed by atoms with Crippen molar-refractivity contribution >= 4 is 23.4 Å². The third-order valence-electron chi connectivity index (χ3n) is 2.97. The fraction of sp³-hybridized carbons (Fsp3) is 0.188. The smallest absolute Gasteiger partial charge is 0.309 e. The quantitative estimate of drug-likeness (QED) is 0.482. The highest BCUT2D eigenvalue weighted by atomic mass is 35.5. The average Bonchev–Trinajstić information content (AvgIpc) is 2.74. The van der Waals surface area contributed by atoms with Gasteiger partial charge >= 0.3 is 5.97 Å². The van der Waals surface area contributed by atoms with Gasteiger partial charge in [0.25, 0.3) is 0 Å². The molecule has 0 amide bonds. The largest absolute Gasteiger partial charge is 0.407 e. The van der Waals surface area contributed by atoms with Crippen LogP contribution in [0.2, 0.25) is 5.02 Å². The molecule has 2 rings (SSSR count). The van der Waals surface area contributed by atoms with E-state index in [4.69, 9.17) is 16.3 Å². The van der Waals surface area contributed by atoms with Crippen LogP contribution < -0.4 is 4.74 Å². The summed E-state index contributed by atoms with van der Waals surface area (Å²) in [6.07, 6.45) is 1.60. The lowest BCUT2D eigenvalue weighted by Crippen LogP contribution is -2.12. The zero-order chi connectivity index (χ0) is 16.3. The summed E-state index contributed by atoms with van der Waals surface area (Å²) in [5.41, 5.74) is 1.02. The van der Waals surface area contributed by atoms with Crippen molar-refractivity contribution in [2.24, 2.45) is 0 Å². The van der Waals surface area contributed by atoms with Crippen molar-refractivity contribution < 1.29 is 14.3 Å². The molecule has 0 aliphatic rings. The maximum absolute atomic E-state index is 12.8. The number of carbonyl (C=O) groups is 2. The Morgan fingerprint density at radius 2 is 2.09 bits per heavy atom. The maximum Gasteiger partial charge on any atom is 0.309 e. The van der Waals surface area contributed by atoms with E-state index in [-0.39, 0.29) is 17.2 Å². The van der Waals surface area contributed by atoms with E-state index in [0.717, 1.165) is 0 Å². The lowest BCUT2D eigenvalue weighted by Gasteiger charge is -2.07. The summed E-state index contributed by atoms with van der Waals surface area (Å²) in [7, 11) is 0. The van der Waals surface area contributed by atoms with Crippen molar-refractivity contribution in [3.63, 3.8) is 0 Å². The Morgan fingerprint density at radius 3 is 2.68 bits per heavy atom. The first-order chi connectivity index (χ1) is 10.5. The Balaban J connectivity index is 2.58. The third-order valence-corrected chi connectivity index (χ3v) is 3.30. The van der Waals surface area contributed by atoms with Crippen molar-refractivity contribution in [1.82, 2.24) is 9.78 Å². The average molecular weight is 319 g/mol. The number of halogens is 1. The van der Waals surface area contributed by atoms with Crippen LogP contribution in [0.5, 0.6) is 5.88 Å². The van der Waals surface area contributed by atoms with Crippen LogP contribution in [0.4, 0.5) is 0 Å². The summed E-state index contributed by atoms with van der Waals surface area (Å²) in [4.78, 5) is 24.1. The Kier molecular flexibility index (Phi) is 4.78. The summed E-state index contributed by atoms with van der Waals surface area (Å²) < 4.78 is 6.61. The monoisotopic (exact) mass is 318 g/mol. The summed E-state index contributed by atoms with van der Waals surface area (Å²) in [5.74, 6) is -0.761. The fourth-order valence-corrected chi connectivity index (χ4v) is 2.31. The van der Waals surface area contributed by atoms with Crippen molar-refractivity contribution in [1.29, 1.82) is 0 Å². The Hall–Kier alpha value is -2.40. The van der Waals surface area contributed by atoms with Gasteiger partial charge in [0, 0.05) is 12.5 Å². The predicted octanol–water partition coefficient (Wildman–Crippen LogP) is 3.19. The topological polar surface area (TPSA) is 61.2 Å². The number of hydrogen-bond donors (Lipinski definition) is 0. The molecule has 0 spiro atoms. The molecule has 0 N–H and O–H groups in total. The second-order valence-electron chi connectivity index (χ2n) is 4.64. The van der Waals surface area contributed by atoms with Gasteiger partial charge in [-0.25, -0.2) is 4.68 Å². The van der Waals surface area contributed by atoms with E-state index in [1.807, 2.05) is 0 Å². The van der Waals surface area contributed by atoms with Crippen LogP contribution in [0, 0.1) is 6.92 Å². The number of benzene rings is 1. The first-order valence-electron chi connectivity index (χ1n) is 6.61. The maximum atomic E-state index is 12.8. The van der Waals surface area contributed by atoms with Gasteiger partial charge in [0.1, 0.15) is 5.56 Å². The molecule has 1 aromatic carbocycles. The van der Waals surface area contributed by atoms with Gasteiger partial charge in [0.2, 0.25) is 11.7 Å².